The molecule has 3 amide bonds. The molecule has 36 heavy (non-hydrogen) atoms. The van der Waals surface area contributed by atoms with Gasteiger partial charge in [0.1, 0.15) is 5.76 Å². The summed E-state index contributed by atoms with van der Waals surface area (Å²) in [6, 6.07) is 15.1. The molecule has 0 bridgehead atoms. The van der Waals surface area contributed by atoms with E-state index < -0.39 is 0 Å². The lowest BCUT2D eigenvalue weighted by Crippen LogP contribution is -2.45. The molecule has 8 nitrogen and oxygen atoms in total. The predicted octanol–water partition coefficient (Wildman–Crippen LogP) is 3.35. The van der Waals surface area contributed by atoms with Crippen LogP contribution >= 0.6 is 0 Å². The number of carbonyl (C=O) groups is 3. The van der Waals surface area contributed by atoms with Crippen molar-refractivity contribution >= 4 is 23.8 Å². The van der Waals surface area contributed by atoms with Gasteiger partial charge in [0.15, 0.2) is 0 Å². The Hall–Kier alpha value is -4.07. The molecule has 2 aliphatic rings. The number of amides is 3. The van der Waals surface area contributed by atoms with Gasteiger partial charge in [0.05, 0.1) is 24.1 Å². The lowest BCUT2D eigenvalue weighted by molar-refractivity contribution is -0.131. The van der Waals surface area contributed by atoms with Crippen LogP contribution in [0.2, 0.25) is 0 Å². The van der Waals surface area contributed by atoms with Crippen LogP contribution in [0.15, 0.2) is 77.7 Å². The summed E-state index contributed by atoms with van der Waals surface area (Å²) in [4.78, 5) is 41.9. The number of likely N-dealkylation sites (tertiary alicyclic amines) is 2. The van der Waals surface area contributed by atoms with E-state index in [9.17, 15) is 14.4 Å². The van der Waals surface area contributed by atoms with Gasteiger partial charge in [-0.1, -0.05) is 12.1 Å². The lowest BCUT2D eigenvalue weighted by atomic mass is 9.77. The smallest absolute Gasteiger partial charge is 0.255 e. The zero-order valence-electron chi connectivity index (χ0n) is 20.1. The lowest BCUT2D eigenvalue weighted by Gasteiger charge is -2.39. The minimum atomic E-state index is -0.333. The highest BCUT2D eigenvalue weighted by Gasteiger charge is 2.42. The van der Waals surface area contributed by atoms with Gasteiger partial charge < -0.3 is 24.1 Å². The van der Waals surface area contributed by atoms with Crippen molar-refractivity contribution in [2.45, 2.75) is 19.3 Å². The van der Waals surface area contributed by atoms with Gasteiger partial charge in [-0.25, -0.2) is 0 Å². The first-order valence-electron chi connectivity index (χ1n) is 12.3. The third kappa shape index (κ3) is 5.12. The summed E-state index contributed by atoms with van der Waals surface area (Å²) in [7, 11) is 0. The normalized spacial score (nSPS) is 17.1. The Morgan fingerprint density at radius 2 is 1.64 bits per heavy atom. The van der Waals surface area contributed by atoms with Gasteiger partial charge in [-0.3, -0.25) is 14.4 Å². The summed E-state index contributed by atoms with van der Waals surface area (Å²) >= 11 is 0. The number of para-hydroxylation sites is 1. The number of carbonyl (C=O) groups excluding carboxylic acids is 3. The van der Waals surface area contributed by atoms with Crippen LogP contribution in [0.25, 0.3) is 11.8 Å². The number of aromatic nitrogens is 1. The summed E-state index contributed by atoms with van der Waals surface area (Å²) in [5.41, 5.74) is 1.62. The van der Waals surface area contributed by atoms with Gasteiger partial charge >= 0.3 is 0 Å². The number of furan rings is 1. The maximum absolute atomic E-state index is 13.4. The number of nitrogens with one attached hydrogen (secondary N) is 1. The summed E-state index contributed by atoms with van der Waals surface area (Å²) < 4.78 is 7.12. The summed E-state index contributed by atoms with van der Waals surface area (Å²) in [5.74, 6) is 0.216. The predicted molar refractivity (Wildman–Crippen MR) is 135 cm³/mol. The van der Waals surface area contributed by atoms with Crippen LogP contribution in [0.4, 0.5) is 0 Å². The summed E-state index contributed by atoms with van der Waals surface area (Å²) in [5, 5.41) is 2.66. The average Bonchev–Trinajstić information content (AvgIpc) is 3.69. The van der Waals surface area contributed by atoms with E-state index in [1.54, 1.807) is 18.2 Å². The number of benzene rings is 1. The molecule has 2 saturated heterocycles. The number of piperidine rings is 1. The molecule has 8 heteroatoms. The van der Waals surface area contributed by atoms with Crippen LogP contribution in [-0.4, -0.2) is 64.8 Å². The Balaban J connectivity index is 1.13. The Bertz CT molecular complexity index is 1240. The molecular weight excluding hydrogens is 456 g/mol. The first-order chi connectivity index (χ1) is 17.5. The molecule has 5 rings (SSSR count). The second kappa shape index (κ2) is 10.3. The fourth-order valence-electron chi connectivity index (χ4n) is 5.16. The molecule has 2 fully saturated rings. The van der Waals surface area contributed by atoms with Crippen molar-refractivity contribution in [3.63, 3.8) is 0 Å². The molecule has 1 aromatic carbocycles. The number of hydrogen-bond acceptors (Lipinski definition) is 4. The van der Waals surface area contributed by atoms with E-state index in [-0.39, 0.29) is 29.7 Å². The first-order valence-corrected chi connectivity index (χ1v) is 12.3. The first kappa shape index (κ1) is 23.7. The highest BCUT2D eigenvalue weighted by molar-refractivity contribution is 5.98. The van der Waals surface area contributed by atoms with Crippen molar-refractivity contribution in [1.82, 2.24) is 19.7 Å². The van der Waals surface area contributed by atoms with Gasteiger partial charge in [-0.05, 0) is 67.2 Å². The average molecular weight is 487 g/mol. The standard InChI is InChI=1S/C28H30N4O4/c33-25(10-9-22-6-5-19-36-22)29-20-26(34)32-18-13-28(21-32)11-16-31(17-12-28)27(35)23-7-1-2-8-24(23)30-14-3-4-15-30/h1-10,14-15,19H,11-13,16-18,20-21H2,(H,29,33)/b10-9-. The fourth-order valence-corrected chi connectivity index (χ4v) is 5.16. The zero-order chi connectivity index (χ0) is 25.0. The van der Waals surface area contributed by atoms with E-state index >= 15 is 0 Å². The minimum Gasteiger partial charge on any atom is -0.465 e. The molecule has 0 saturated carbocycles. The van der Waals surface area contributed by atoms with Gasteiger partial charge in [0, 0.05) is 44.6 Å². The molecule has 186 valence electrons. The summed E-state index contributed by atoms with van der Waals surface area (Å²) in [6.45, 7) is 2.68. The van der Waals surface area contributed by atoms with E-state index in [1.165, 1.54) is 12.3 Å². The van der Waals surface area contributed by atoms with E-state index in [0.717, 1.165) is 24.9 Å². The topological polar surface area (TPSA) is 87.8 Å². The van der Waals surface area contributed by atoms with Crippen molar-refractivity contribution in [1.29, 1.82) is 0 Å². The van der Waals surface area contributed by atoms with E-state index in [0.29, 0.717) is 37.5 Å². The molecular formula is C28H30N4O4. The van der Waals surface area contributed by atoms with Crippen molar-refractivity contribution in [2.24, 2.45) is 5.41 Å². The van der Waals surface area contributed by atoms with Gasteiger partial charge in [0.25, 0.3) is 5.91 Å². The molecule has 2 aliphatic heterocycles. The van der Waals surface area contributed by atoms with Gasteiger partial charge in [-0.15, -0.1) is 0 Å². The Morgan fingerprint density at radius 1 is 0.917 bits per heavy atom. The van der Waals surface area contributed by atoms with Crippen molar-refractivity contribution in [3.05, 3.63) is 84.6 Å². The van der Waals surface area contributed by atoms with Gasteiger partial charge in [0.2, 0.25) is 11.8 Å². The van der Waals surface area contributed by atoms with Crippen LogP contribution in [0, 0.1) is 5.41 Å². The maximum atomic E-state index is 13.4. The Labute approximate surface area is 210 Å². The number of hydrogen-bond donors (Lipinski definition) is 1. The van der Waals surface area contributed by atoms with Crippen molar-refractivity contribution in [2.75, 3.05) is 32.7 Å². The quantitative estimate of drug-likeness (QED) is 0.542. The van der Waals surface area contributed by atoms with Crippen molar-refractivity contribution < 1.29 is 18.8 Å². The third-order valence-corrected chi connectivity index (χ3v) is 7.28. The zero-order valence-corrected chi connectivity index (χ0v) is 20.1. The van der Waals surface area contributed by atoms with E-state index in [1.807, 2.05) is 63.2 Å². The highest BCUT2D eigenvalue weighted by atomic mass is 16.3. The molecule has 4 heterocycles. The van der Waals surface area contributed by atoms with Crippen LogP contribution in [0.3, 0.4) is 0 Å². The van der Waals surface area contributed by atoms with E-state index in [4.69, 9.17) is 4.42 Å². The highest BCUT2D eigenvalue weighted by Crippen LogP contribution is 2.40. The van der Waals surface area contributed by atoms with Crippen LogP contribution in [0.5, 0.6) is 0 Å². The van der Waals surface area contributed by atoms with Crippen molar-refractivity contribution in [3.8, 4) is 5.69 Å². The molecule has 2 aromatic heterocycles. The third-order valence-electron chi connectivity index (χ3n) is 7.28. The van der Waals surface area contributed by atoms with E-state index in [2.05, 4.69) is 5.32 Å². The molecule has 3 aromatic rings. The number of rotatable bonds is 6. The molecule has 0 aliphatic carbocycles. The molecule has 0 radical (unpaired) electrons. The minimum absolute atomic E-state index is 0.0296. The van der Waals surface area contributed by atoms with Gasteiger partial charge in [-0.2, -0.15) is 0 Å². The molecule has 0 unspecified atom stereocenters. The Morgan fingerprint density at radius 3 is 2.36 bits per heavy atom. The Kier molecular flexibility index (Phi) is 6.75. The second-order valence-electron chi connectivity index (χ2n) is 9.53. The molecule has 1 spiro atoms. The summed E-state index contributed by atoms with van der Waals surface area (Å²) in [6.07, 6.45) is 11.0. The second-order valence-corrected chi connectivity index (χ2v) is 9.53. The largest absolute Gasteiger partial charge is 0.465 e. The maximum Gasteiger partial charge on any atom is 0.255 e. The SMILES string of the molecule is O=C(/C=C\c1ccco1)NCC(=O)N1CCC2(CCN(C(=O)c3ccccc3-n3cccc3)CC2)C1. The van der Waals surface area contributed by atoms with Crippen LogP contribution in [0.1, 0.15) is 35.4 Å². The molecule has 1 N–H and O–H groups in total. The van der Waals surface area contributed by atoms with Crippen LogP contribution in [-0.2, 0) is 9.59 Å². The fraction of sp³-hybridized carbons (Fsp3) is 0.321. The van der Waals surface area contributed by atoms with Crippen LogP contribution < -0.4 is 5.32 Å². The number of nitrogens with zero attached hydrogens (tertiary/aromatic N) is 3. The monoisotopic (exact) mass is 486 g/mol. The molecule has 0 atom stereocenters.